The van der Waals surface area contributed by atoms with E-state index in [0.717, 1.165) is 18.4 Å². The first-order chi connectivity index (χ1) is 15.6. The highest BCUT2D eigenvalue weighted by molar-refractivity contribution is 5.94. The molecule has 0 radical (unpaired) electrons. The van der Waals surface area contributed by atoms with Crippen molar-refractivity contribution in [2.24, 2.45) is 0 Å². The van der Waals surface area contributed by atoms with Gasteiger partial charge in [-0.15, -0.1) is 0 Å². The number of carbonyl (C=O) groups is 2. The number of benzene rings is 1. The maximum Gasteiger partial charge on any atom is 0.317 e. The van der Waals surface area contributed by atoms with Crippen LogP contribution in [0.4, 0.5) is 4.79 Å². The Morgan fingerprint density at radius 3 is 2.56 bits per heavy atom. The molecular formula is C23H31N5O4. The average Bonchev–Trinajstić information content (AvgIpc) is 3.32. The van der Waals surface area contributed by atoms with E-state index in [1.165, 1.54) is 19.3 Å². The first-order valence-electron chi connectivity index (χ1n) is 11.4. The van der Waals surface area contributed by atoms with Crippen molar-refractivity contribution in [3.05, 3.63) is 35.7 Å². The fourth-order valence-corrected chi connectivity index (χ4v) is 4.08. The number of aromatic nitrogens is 2. The molecule has 1 aromatic heterocycles. The summed E-state index contributed by atoms with van der Waals surface area (Å²) in [5.74, 6) is 0.950. The third kappa shape index (κ3) is 5.64. The number of nitrogens with one attached hydrogen (secondary N) is 1. The Hall–Kier alpha value is -2.94. The van der Waals surface area contributed by atoms with Crippen LogP contribution in [0.25, 0.3) is 11.5 Å². The van der Waals surface area contributed by atoms with Crippen molar-refractivity contribution in [3.8, 4) is 11.5 Å². The molecule has 1 N–H and O–H groups in total. The van der Waals surface area contributed by atoms with Gasteiger partial charge >= 0.3 is 6.03 Å². The number of likely N-dealkylation sites (N-methyl/N-ethyl adjacent to an activating group) is 1. The van der Waals surface area contributed by atoms with E-state index >= 15 is 0 Å². The molecule has 0 atom stereocenters. The first-order valence-corrected chi connectivity index (χ1v) is 11.4. The van der Waals surface area contributed by atoms with Crippen LogP contribution < -0.4 is 5.32 Å². The number of rotatable bonds is 6. The van der Waals surface area contributed by atoms with Gasteiger partial charge in [-0.3, -0.25) is 4.79 Å². The lowest BCUT2D eigenvalue weighted by atomic mass is 9.96. The van der Waals surface area contributed by atoms with Gasteiger partial charge in [-0.2, -0.15) is 4.98 Å². The molecule has 1 aliphatic heterocycles. The molecule has 0 spiro atoms. The minimum atomic E-state index is -0.0545. The predicted molar refractivity (Wildman–Crippen MR) is 118 cm³/mol. The molecule has 9 nitrogen and oxygen atoms in total. The van der Waals surface area contributed by atoms with Gasteiger partial charge in [0.25, 0.3) is 11.8 Å². The molecule has 2 fully saturated rings. The molecule has 1 saturated carbocycles. The summed E-state index contributed by atoms with van der Waals surface area (Å²) in [6.45, 7) is 2.88. The van der Waals surface area contributed by atoms with Crippen LogP contribution in [0.5, 0.6) is 0 Å². The van der Waals surface area contributed by atoms with Crippen LogP contribution in [0.15, 0.2) is 28.8 Å². The summed E-state index contributed by atoms with van der Waals surface area (Å²) in [6.07, 6.45) is 6.25. The van der Waals surface area contributed by atoms with Crippen molar-refractivity contribution in [1.82, 2.24) is 25.3 Å². The Kier molecular flexibility index (Phi) is 7.36. The van der Waals surface area contributed by atoms with Gasteiger partial charge in [-0.1, -0.05) is 24.4 Å². The number of hydrogen-bond acceptors (Lipinski definition) is 6. The quantitative estimate of drug-likeness (QED) is 0.740. The SMILES string of the molecule is CN(CCc1noc(-c2ccc(C(=O)N3CCOCC3)cc2)n1)C(=O)NC1CCCCC1. The summed E-state index contributed by atoms with van der Waals surface area (Å²) in [4.78, 5) is 32.8. The number of hydrogen-bond donors (Lipinski definition) is 1. The fraction of sp³-hybridized carbons (Fsp3) is 0.565. The van der Waals surface area contributed by atoms with E-state index in [2.05, 4.69) is 15.5 Å². The molecule has 3 amide bonds. The number of morpholine rings is 1. The smallest absolute Gasteiger partial charge is 0.317 e. The number of amides is 3. The summed E-state index contributed by atoms with van der Waals surface area (Å²) in [5.41, 5.74) is 1.38. The Bertz CT molecular complexity index is 901. The number of ether oxygens (including phenoxy) is 1. The highest BCUT2D eigenvalue weighted by Gasteiger charge is 2.20. The molecule has 2 aromatic rings. The predicted octanol–water partition coefficient (Wildman–Crippen LogP) is 2.73. The highest BCUT2D eigenvalue weighted by Crippen LogP contribution is 2.20. The second-order valence-corrected chi connectivity index (χ2v) is 8.45. The molecule has 1 aromatic carbocycles. The number of carbonyl (C=O) groups excluding carboxylic acids is 2. The number of nitrogens with zero attached hydrogens (tertiary/aromatic N) is 4. The molecule has 2 heterocycles. The van der Waals surface area contributed by atoms with Crippen molar-refractivity contribution in [1.29, 1.82) is 0 Å². The van der Waals surface area contributed by atoms with E-state index in [1.54, 1.807) is 29.0 Å². The minimum Gasteiger partial charge on any atom is -0.378 e. The van der Waals surface area contributed by atoms with Crippen molar-refractivity contribution < 1.29 is 18.8 Å². The van der Waals surface area contributed by atoms with Gasteiger partial charge in [0.05, 0.1) is 13.2 Å². The van der Waals surface area contributed by atoms with E-state index in [1.807, 2.05) is 12.1 Å². The first kappa shape index (κ1) is 22.3. The van der Waals surface area contributed by atoms with Gasteiger partial charge < -0.3 is 24.4 Å². The summed E-state index contributed by atoms with van der Waals surface area (Å²) < 4.78 is 10.7. The zero-order chi connectivity index (χ0) is 22.3. The molecule has 9 heteroatoms. The lowest BCUT2D eigenvalue weighted by molar-refractivity contribution is 0.0303. The molecule has 0 bridgehead atoms. The van der Waals surface area contributed by atoms with Crippen LogP contribution in [0.3, 0.4) is 0 Å². The second kappa shape index (κ2) is 10.6. The molecule has 32 heavy (non-hydrogen) atoms. The maximum absolute atomic E-state index is 12.6. The van der Waals surface area contributed by atoms with Crippen LogP contribution in [-0.4, -0.2) is 77.8 Å². The topological polar surface area (TPSA) is 101 Å². The molecule has 1 saturated heterocycles. The second-order valence-electron chi connectivity index (χ2n) is 8.45. The van der Waals surface area contributed by atoms with E-state index in [-0.39, 0.29) is 18.0 Å². The standard InChI is InChI=1S/C23H31N5O4/c1-27(23(30)24-19-5-3-2-4-6-19)12-11-20-25-21(32-26-20)17-7-9-18(10-8-17)22(29)28-13-15-31-16-14-28/h7-10,19H,2-6,11-16H2,1H3,(H,24,30). The third-order valence-corrected chi connectivity index (χ3v) is 6.10. The molecule has 172 valence electrons. The Balaban J connectivity index is 1.28. The van der Waals surface area contributed by atoms with E-state index < -0.39 is 0 Å². The summed E-state index contributed by atoms with van der Waals surface area (Å²) in [7, 11) is 1.78. The summed E-state index contributed by atoms with van der Waals surface area (Å²) in [5, 5.41) is 7.15. The Morgan fingerprint density at radius 1 is 1.12 bits per heavy atom. The fourth-order valence-electron chi connectivity index (χ4n) is 4.08. The lowest BCUT2D eigenvalue weighted by Gasteiger charge is -2.26. The van der Waals surface area contributed by atoms with Gasteiger partial charge in [0.2, 0.25) is 0 Å². The van der Waals surface area contributed by atoms with E-state index in [4.69, 9.17) is 9.26 Å². The molecule has 2 aliphatic rings. The minimum absolute atomic E-state index is 0.000564. The van der Waals surface area contributed by atoms with Crippen molar-refractivity contribution in [2.45, 2.75) is 44.6 Å². The van der Waals surface area contributed by atoms with Gasteiger partial charge in [0.15, 0.2) is 5.82 Å². The normalized spacial score (nSPS) is 17.2. The number of urea groups is 1. The average molecular weight is 442 g/mol. The monoisotopic (exact) mass is 441 g/mol. The lowest BCUT2D eigenvalue weighted by Crippen LogP contribution is -2.44. The molecular weight excluding hydrogens is 410 g/mol. The van der Waals surface area contributed by atoms with Crippen LogP contribution in [0, 0.1) is 0 Å². The van der Waals surface area contributed by atoms with Gasteiger partial charge in [-0.05, 0) is 37.1 Å². The van der Waals surface area contributed by atoms with Crippen molar-refractivity contribution in [3.63, 3.8) is 0 Å². The summed E-state index contributed by atoms with van der Waals surface area (Å²) in [6, 6.07) is 7.42. The van der Waals surface area contributed by atoms with Crippen LogP contribution >= 0.6 is 0 Å². The largest absolute Gasteiger partial charge is 0.378 e. The Labute approximate surface area is 188 Å². The molecule has 1 aliphatic carbocycles. The molecule has 4 rings (SSSR count). The van der Waals surface area contributed by atoms with Crippen LogP contribution in [-0.2, 0) is 11.2 Å². The Morgan fingerprint density at radius 2 is 1.84 bits per heavy atom. The van der Waals surface area contributed by atoms with Crippen LogP contribution in [0.2, 0.25) is 0 Å². The molecule has 0 unspecified atom stereocenters. The zero-order valence-corrected chi connectivity index (χ0v) is 18.6. The van der Waals surface area contributed by atoms with Crippen molar-refractivity contribution >= 4 is 11.9 Å². The van der Waals surface area contributed by atoms with E-state index in [9.17, 15) is 9.59 Å². The van der Waals surface area contributed by atoms with Crippen molar-refractivity contribution in [2.75, 3.05) is 39.9 Å². The highest BCUT2D eigenvalue weighted by atomic mass is 16.5. The summed E-state index contributed by atoms with van der Waals surface area (Å²) >= 11 is 0. The third-order valence-electron chi connectivity index (χ3n) is 6.10. The van der Waals surface area contributed by atoms with Gasteiger partial charge in [0, 0.05) is 50.3 Å². The van der Waals surface area contributed by atoms with E-state index in [0.29, 0.717) is 56.5 Å². The zero-order valence-electron chi connectivity index (χ0n) is 18.6. The van der Waals surface area contributed by atoms with Gasteiger partial charge in [0.1, 0.15) is 0 Å². The maximum atomic E-state index is 12.6. The van der Waals surface area contributed by atoms with Gasteiger partial charge in [-0.25, -0.2) is 4.79 Å². The van der Waals surface area contributed by atoms with Crippen LogP contribution in [0.1, 0.15) is 48.3 Å².